The van der Waals surface area contributed by atoms with Crippen molar-refractivity contribution in [1.29, 1.82) is 0 Å². The van der Waals surface area contributed by atoms with Crippen LogP contribution in [0.4, 0.5) is 0 Å². The summed E-state index contributed by atoms with van der Waals surface area (Å²) >= 11 is 0. The molecule has 0 aliphatic carbocycles. The van der Waals surface area contributed by atoms with Crippen molar-refractivity contribution in [3.05, 3.63) is 24.3 Å². The molecule has 7 atom stereocenters. The first-order chi connectivity index (χ1) is 44.9. The number of unbranched alkanes of at least 4 members (excludes halogenated alkanes) is 36. The maximum atomic E-state index is 13.1. The number of ether oxygens (including phenoxy) is 4. The number of aliphatic hydroxyl groups excluding tert-OH is 1. The van der Waals surface area contributed by atoms with Gasteiger partial charge in [-0.05, 0) is 63.2 Å². The highest BCUT2D eigenvalue weighted by Gasteiger charge is 2.30. The van der Waals surface area contributed by atoms with Crippen molar-refractivity contribution in [3.8, 4) is 0 Å². The molecule has 0 amide bonds. The Morgan fingerprint density at radius 1 is 0.344 bits per heavy atom. The number of carbonyl (C=O) groups is 4. The molecule has 0 radical (unpaired) electrons. The van der Waals surface area contributed by atoms with Crippen molar-refractivity contribution in [2.45, 2.75) is 374 Å². The molecule has 0 saturated carbocycles. The third-order valence-electron chi connectivity index (χ3n) is 17.3. The van der Waals surface area contributed by atoms with Crippen LogP contribution < -0.4 is 0 Å². The van der Waals surface area contributed by atoms with Gasteiger partial charge in [0.25, 0.3) is 0 Å². The molecule has 93 heavy (non-hydrogen) atoms. The van der Waals surface area contributed by atoms with E-state index in [1.807, 2.05) is 0 Å². The van der Waals surface area contributed by atoms with Crippen molar-refractivity contribution >= 4 is 39.5 Å². The molecule has 4 unspecified atom stereocenters. The van der Waals surface area contributed by atoms with Crippen molar-refractivity contribution in [3.63, 3.8) is 0 Å². The molecule has 3 N–H and O–H groups in total. The summed E-state index contributed by atoms with van der Waals surface area (Å²) in [6, 6.07) is 0. The zero-order valence-electron chi connectivity index (χ0n) is 60.0. The van der Waals surface area contributed by atoms with Crippen LogP contribution >= 0.6 is 15.6 Å². The molecule has 0 bridgehead atoms. The van der Waals surface area contributed by atoms with Crippen molar-refractivity contribution < 1.29 is 80.2 Å². The van der Waals surface area contributed by atoms with E-state index in [1.54, 1.807) is 0 Å². The lowest BCUT2D eigenvalue weighted by atomic mass is 9.99. The van der Waals surface area contributed by atoms with Crippen LogP contribution in [-0.2, 0) is 65.4 Å². The second-order valence-electron chi connectivity index (χ2n) is 26.5. The van der Waals surface area contributed by atoms with Crippen LogP contribution in [0, 0.1) is 11.8 Å². The van der Waals surface area contributed by atoms with Crippen molar-refractivity contribution in [1.82, 2.24) is 0 Å². The average molecular weight is 1360 g/mol. The molecule has 548 valence electrons. The largest absolute Gasteiger partial charge is 0.472 e. The van der Waals surface area contributed by atoms with Gasteiger partial charge >= 0.3 is 39.5 Å². The number of allylic oxidation sites excluding steroid dienone is 4. The number of hydrogen-bond donors (Lipinski definition) is 3. The zero-order valence-corrected chi connectivity index (χ0v) is 61.8. The molecule has 0 aliphatic heterocycles. The summed E-state index contributed by atoms with van der Waals surface area (Å²) in [6.45, 7) is 9.51. The second kappa shape index (κ2) is 65.5. The van der Waals surface area contributed by atoms with Crippen LogP contribution in [-0.4, -0.2) is 96.7 Å². The molecule has 0 aromatic carbocycles. The maximum absolute atomic E-state index is 13.1. The van der Waals surface area contributed by atoms with Gasteiger partial charge < -0.3 is 33.8 Å². The van der Waals surface area contributed by atoms with Gasteiger partial charge in [-0.25, -0.2) is 9.13 Å². The van der Waals surface area contributed by atoms with Crippen LogP contribution in [0.3, 0.4) is 0 Å². The van der Waals surface area contributed by atoms with E-state index in [0.717, 1.165) is 115 Å². The number of rotatable bonds is 71. The van der Waals surface area contributed by atoms with Gasteiger partial charge in [0.15, 0.2) is 12.2 Å². The van der Waals surface area contributed by atoms with Crippen molar-refractivity contribution in [2.75, 3.05) is 39.6 Å². The van der Waals surface area contributed by atoms with E-state index >= 15 is 0 Å². The summed E-state index contributed by atoms with van der Waals surface area (Å²) in [5.41, 5.74) is 0. The van der Waals surface area contributed by atoms with Crippen LogP contribution in [0.1, 0.15) is 356 Å². The van der Waals surface area contributed by atoms with E-state index in [0.29, 0.717) is 25.7 Å². The van der Waals surface area contributed by atoms with Gasteiger partial charge in [-0.15, -0.1) is 0 Å². The first-order valence-electron chi connectivity index (χ1n) is 37.9. The van der Waals surface area contributed by atoms with Gasteiger partial charge in [0, 0.05) is 25.7 Å². The lowest BCUT2D eigenvalue weighted by Gasteiger charge is -2.21. The summed E-state index contributed by atoms with van der Waals surface area (Å²) in [5, 5.41) is 10.6. The summed E-state index contributed by atoms with van der Waals surface area (Å²) < 4.78 is 68.4. The lowest BCUT2D eigenvalue weighted by molar-refractivity contribution is -0.161. The van der Waals surface area contributed by atoms with Gasteiger partial charge in [0.2, 0.25) is 0 Å². The lowest BCUT2D eigenvalue weighted by Crippen LogP contribution is -2.30. The van der Waals surface area contributed by atoms with E-state index in [-0.39, 0.29) is 25.7 Å². The highest BCUT2D eigenvalue weighted by molar-refractivity contribution is 7.47. The molecule has 0 rings (SSSR count). The Kier molecular flexibility index (Phi) is 63.7. The molecule has 0 spiro atoms. The zero-order chi connectivity index (χ0) is 68.6. The smallest absolute Gasteiger partial charge is 0.462 e. The van der Waals surface area contributed by atoms with Crippen LogP contribution in [0.25, 0.3) is 0 Å². The summed E-state index contributed by atoms with van der Waals surface area (Å²) in [5.74, 6) is -0.606. The fraction of sp³-hybridized carbons (Fsp3) is 0.892. The molecule has 0 aliphatic rings. The van der Waals surface area contributed by atoms with Gasteiger partial charge in [0.05, 0.1) is 26.4 Å². The number of hydrogen-bond acceptors (Lipinski definition) is 15. The van der Waals surface area contributed by atoms with Crippen LogP contribution in [0.2, 0.25) is 0 Å². The minimum Gasteiger partial charge on any atom is -0.462 e. The van der Waals surface area contributed by atoms with Crippen molar-refractivity contribution in [2.24, 2.45) is 11.8 Å². The standard InChI is InChI=1S/C74H140O17P2/c1-7-11-13-15-17-19-21-23-25-27-29-31-40-46-52-58-73(78)90-69(62-84-71(76)56-50-44-38-30-28-26-24-22-20-18-16-14-12-8-2)64-88-92(80,81)86-60-68(75)61-87-93(82,83)89-65-70(91-74(79)59-53-47-41-35-33-37-43-49-55-67(6)10-4)63-85-72(77)57-51-45-39-34-32-36-42-48-54-66(5)9-3/h19,21,23,25,66-70,75H,7-18,20,22,24,26-65H2,1-6H3,(H,80,81)(H,82,83)/b21-19-,25-23-/t66?,67?,68-,69-,70-/m1/s1. The summed E-state index contributed by atoms with van der Waals surface area (Å²) in [4.78, 5) is 72.7. The first kappa shape index (κ1) is 90.5. The van der Waals surface area contributed by atoms with E-state index in [9.17, 15) is 43.2 Å². The Hall–Kier alpha value is -2.46. The molecule has 0 heterocycles. The van der Waals surface area contributed by atoms with Gasteiger partial charge in [-0.2, -0.15) is 0 Å². The number of carbonyl (C=O) groups excluding carboxylic acids is 4. The number of esters is 4. The number of phosphoric ester groups is 2. The summed E-state index contributed by atoms with van der Waals surface area (Å²) in [6.07, 6.45) is 54.7. The van der Waals surface area contributed by atoms with Gasteiger partial charge in [-0.3, -0.25) is 37.3 Å². The van der Waals surface area contributed by atoms with Crippen LogP contribution in [0.15, 0.2) is 24.3 Å². The minimum absolute atomic E-state index is 0.0852. The van der Waals surface area contributed by atoms with Crippen LogP contribution in [0.5, 0.6) is 0 Å². The average Bonchev–Trinajstić information content (AvgIpc) is 3.46. The summed E-state index contributed by atoms with van der Waals surface area (Å²) in [7, 11) is -9.92. The fourth-order valence-electron chi connectivity index (χ4n) is 10.7. The maximum Gasteiger partial charge on any atom is 0.472 e. The quantitative estimate of drug-likeness (QED) is 0.0169. The topological polar surface area (TPSA) is 237 Å². The van der Waals surface area contributed by atoms with E-state index < -0.39 is 97.5 Å². The molecule has 0 saturated heterocycles. The Balaban J connectivity index is 5.31. The number of phosphoric acid groups is 2. The first-order valence-corrected chi connectivity index (χ1v) is 40.9. The Morgan fingerprint density at radius 3 is 0.914 bits per heavy atom. The Bertz CT molecular complexity index is 1900. The highest BCUT2D eigenvalue weighted by Crippen LogP contribution is 2.45. The van der Waals surface area contributed by atoms with E-state index in [1.165, 1.54) is 161 Å². The molecule has 0 aromatic heterocycles. The van der Waals surface area contributed by atoms with E-state index in [2.05, 4.69) is 65.8 Å². The predicted octanol–water partition coefficient (Wildman–Crippen LogP) is 21.1. The molecule has 19 heteroatoms. The fourth-order valence-corrected chi connectivity index (χ4v) is 12.3. The molecular weight excluding hydrogens is 1220 g/mol. The molecule has 17 nitrogen and oxygen atoms in total. The SMILES string of the molecule is CCCCCC/C=C\C=C/CCCCCCCC(=O)O[C@H](COC(=O)CCCCCCCCCCCCCCCC)COP(=O)(O)OC[C@@H](O)COP(=O)(O)OC[C@@H](COC(=O)CCCCCCCCCCC(C)CC)OC(=O)CCCCCCCCCCC(C)CC. The Labute approximate surface area is 567 Å². The third-order valence-corrected chi connectivity index (χ3v) is 19.2. The predicted molar refractivity (Wildman–Crippen MR) is 377 cm³/mol. The highest BCUT2D eigenvalue weighted by atomic mass is 31.2. The van der Waals surface area contributed by atoms with Gasteiger partial charge in [0.1, 0.15) is 19.3 Å². The monoisotopic (exact) mass is 1360 g/mol. The third kappa shape index (κ3) is 65.3. The molecular formula is C74H140O17P2. The van der Waals surface area contributed by atoms with Gasteiger partial charge in [-0.1, -0.05) is 303 Å². The minimum atomic E-state index is -4.96. The normalized spacial score (nSPS) is 14.8. The second-order valence-corrected chi connectivity index (χ2v) is 29.4. The van der Waals surface area contributed by atoms with E-state index in [4.69, 9.17) is 37.0 Å². The molecule has 0 fully saturated rings. The Morgan fingerprint density at radius 2 is 0.602 bits per heavy atom. The number of aliphatic hydroxyl groups is 1. The molecule has 0 aromatic rings.